The van der Waals surface area contributed by atoms with Crippen LogP contribution in [0.2, 0.25) is 5.02 Å². The fraction of sp³-hybridized carbons (Fsp3) is 0.250. The van der Waals surface area contributed by atoms with E-state index in [-0.39, 0.29) is 6.04 Å². The van der Waals surface area contributed by atoms with Crippen LogP contribution in [-0.2, 0) is 6.42 Å². The molecule has 0 fully saturated rings. The molecular weight excluding hydrogens is 258 g/mol. The van der Waals surface area contributed by atoms with Gasteiger partial charge in [0.2, 0.25) is 0 Å². The number of benzene rings is 2. The highest BCUT2D eigenvalue weighted by molar-refractivity contribution is 6.30. The van der Waals surface area contributed by atoms with Crippen molar-refractivity contribution in [1.29, 1.82) is 0 Å². The van der Waals surface area contributed by atoms with Gasteiger partial charge in [-0.1, -0.05) is 41.9 Å². The van der Waals surface area contributed by atoms with E-state index in [0.29, 0.717) is 5.75 Å². The summed E-state index contributed by atoms with van der Waals surface area (Å²) in [7, 11) is 0. The predicted octanol–water partition coefficient (Wildman–Crippen LogP) is 3.94. The number of halogens is 1. The quantitative estimate of drug-likeness (QED) is 0.866. The molecule has 0 amide bonds. The van der Waals surface area contributed by atoms with Gasteiger partial charge in [-0.2, -0.15) is 0 Å². The number of hydrogen-bond acceptors (Lipinski definition) is 2. The van der Waals surface area contributed by atoms with Crippen molar-refractivity contribution in [2.24, 2.45) is 0 Å². The molecule has 0 saturated heterocycles. The molecule has 0 aliphatic heterocycles. The summed E-state index contributed by atoms with van der Waals surface area (Å²) in [6.07, 6.45) is 0.940. The molecule has 0 spiro atoms. The zero-order chi connectivity index (χ0) is 13.7. The number of hydrogen-bond donors (Lipinski definition) is 2. The second-order valence-corrected chi connectivity index (χ2v) is 5.05. The van der Waals surface area contributed by atoms with Crippen molar-refractivity contribution in [3.8, 4) is 5.75 Å². The summed E-state index contributed by atoms with van der Waals surface area (Å²) in [6.45, 7) is 2.91. The average molecular weight is 276 g/mol. The maximum absolute atomic E-state index is 9.77. The first-order valence-corrected chi connectivity index (χ1v) is 6.80. The van der Waals surface area contributed by atoms with Crippen molar-refractivity contribution in [3.63, 3.8) is 0 Å². The minimum absolute atomic E-state index is 0.133. The SMILES string of the molecule is C[C@@H](NCCc1ccc(Cl)cc1)c1ccccc1O. The van der Waals surface area contributed by atoms with Gasteiger partial charge >= 0.3 is 0 Å². The van der Waals surface area contributed by atoms with E-state index >= 15 is 0 Å². The lowest BCUT2D eigenvalue weighted by molar-refractivity contribution is 0.453. The van der Waals surface area contributed by atoms with E-state index in [1.165, 1.54) is 5.56 Å². The molecule has 19 heavy (non-hydrogen) atoms. The molecule has 0 heterocycles. The minimum atomic E-state index is 0.133. The lowest BCUT2D eigenvalue weighted by Gasteiger charge is -2.15. The molecule has 2 rings (SSSR count). The normalized spacial score (nSPS) is 12.3. The Bertz CT molecular complexity index is 525. The van der Waals surface area contributed by atoms with E-state index in [9.17, 15) is 5.11 Å². The lowest BCUT2D eigenvalue weighted by Crippen LogP contribution is -2.21. The molecule has 3 heteroatoms. The Morgan fingerprint density at radius 2 is 1.79 bits per heavy atom. The van der Waals surface area contributed by atoms with Gasteiger partial charge in [0.05, 0.1) is 0 Å². The Labute approximate surface area is 119 Å². The summed E-state index contributed by atoms with van der Waals surface area (Å²) in [5, 5.41) is 13.9. The molecular formula is C16H18ClNO. The third-order valence-corrected chi connectivity index (χ3v) is 3.43. The van der Waals surface area contributed by atoms with Crippen molar-refractivity contribution in [3.05, 3.63) is 64.7 Å². The fourth-order valence-electron chi connectivity index (χ4n) is 2.05. The first-order chi connectivity index (χ1) is 9.16. The highest BCUT2D eigenvalue weighted by Gasteiger charge is 2.08. The molecule has 0 unspecified atom stereocenters. The Kier molecular flexibility index (Phi) is 4.83. The summed E-state index contributed by atoms with van der Waals surface area (Å²) < 4.78 is 0. The van der Waals surface area contributed by atoms with Gasteiger partial charge in [0.1, 0.15) is 5.75 Å². The largest absolute Gasteiger partial charge is 0.508 e. The molecule has 0 aliphatic rings. The van der Waals surface area contributed by atoms with Gasteiger partial charge in [-0.3, -0.25) is 0 Å². The van der Waals surface area contributed by atoms with Crippen molar-refractivity contribution in [1.82, 2.24) is 5.32 Å². The van der Waals surface area contributed by atoms with E-state index in [1.54, 1.807) is 6.07 Å². The third-order valence-electron chi connectivity index (χ3n) is 3.18. The van der Waals surface area contributed by atoms with Gasteiger partial charge in [0.25, 0.3) is 0 Å². The zero-order valence-corrected chi connectivity index (χ0v) is 11.7. The van der Waals surface area contributed by atoms with Gasteiger partial charge in [0.15, 0.2) is 0 Å². The van der Waals surface area contributed by atoms with Gasteiger partial charge in [-0.25, -0.2) is 0 Å². The van der Waals surface area contributed by atoms with E-state index < -0.39 is 0 Å². The molecule has 2 nitrogen and oxygen atoms in total. The Hall–Kier alpha value is -1.51. The number of phenols is 1. The Balaban J connectivity index is 1.86. The average Bonchev–Trinajstić information content (AvgIpc) is 2.41. The summed E-state index contributed by atoms with van der Waals surface area (Å²) >= 11 is 5.85. The number of nitrogens with one attached hydrogen (secondary N) is 1. The molecule has 2 aromatic carbocycles. The standard InChI is InChI=1S/C16H18ClNO/c1-12(15-4-2-3-5-16(15)19)18-11-10-13-6-8-14(17)9-7-13/h2-9,12,18-19H,10-11H2,1H3/t12-/m1/s1. The van der Waals surface area contributed by atoms with E-state index in [1.807, 2.05) is 42.5 Å². The number of aromatic hydroxyl groups is 1. The number of para-hydroxylation sites is 1. The van der Waals surface area contributed by atoms with E-state index in [0.717, 1.165) is 23.6 Å². The topological polar surface area (TPSA) is 32.3 Å². The van der Waals surface area contributed by atoms with Crippen LogP contribution < -0.4 is 5.32 Å². The highest BCUT2D eigenvalue weighted by Crippen LogP contribution is 2.22. The van der Waals surface area contributed by atoms with Crippen LogP contribution in [0.1, 0.15) is 24.1 Å². The summed E-state index contributed by atoms with van der Waals surface area (Å²) in [6, 6.07) is 15.4. The first kappa shape index (κ1) is 13.9. The second-order valence-electron chi connectivity index (χ2n) is 4.61. The molecule has 0 bridgehead atoms. The van der Waals surface area contributed by atoms with E-state index in [2.05, 4.69) is 12.2 Å². The smallest absolute Gasteiger partial charge is 0.120 e. The van der Waals surface area contributed by atoms with Crippen molar-refractivity contribution >= 4 is 11.6 Å². The maximum atomic E-state index is 9.77. The molecule has 0 radical (unpaired) electrons. The van der Waals surface area contributed by atoms with Crippen LogP contribution in [0.25, 0.3) is 0 Å². The minimum Gasteiger partial charge on any atom is -0.508 e. The molecule has 1 atom stereocenters. The Morgan fingerprint density at radius 1 is 1.11 bits per heavy atom. The number of phenolic OH excluding ortho intramolecular Hbond substituents is 1. The van der Waals surface area contributed by atoms with Gasteiger partial charge < -0.3 is 10.4 Å². The van der Waals surface area contributed by atoms with Crippen LogP contribution in [-0.4, -0.2) is 11.7 Å². The monoisotopic (exact) mass is 275 g/mol. The van der Waals surface area contributed by atoms with Gasteiger partial charge in [0, 0.05) is 16.6 Å². The molecule has 2 aromatic rings. The molecule has 2 N–H and O–H groups in total. The van der Waals surface area contributed by atoms with Crippen LogP contribution in [0.5, 0.6) is 5.75 Å². The van der Waals surface area contributed by atoms with Crippen LogP contribution >= 0.6 is 11.6 Å². The van der Waals surface area contributed by atoms with Crippen LogP contribution in [0, 0.1) is 0 Å². The predicted molar refractivity (Wildman–Crippen MR) is 79.7 cm³/mol. The van der Waals surface area contributed by atoms with Gasteiger partial charge in [-0.05, 0) is 43.7 Å². The summed E-state index contributed by atoms with van der Waals surface area (Å²) in [4.78, 5) is 0. The second kappa shape index (κ2) is 6.60. The molecule has 0 aliphatic carbocycles. The highest BCUT2D eigenvalue weighted by atomic mass is 35.5. The zero-order valence-electron chi connectivity index (χ0n) is 10.9. The van der Waals surface area contributed by atoms with Gasteiger partial charge in [-0.15, -0.1) is 0 Å². The lowest BCUT2D eigenvalue weighted by atomic mass is 10.1. The molecule has 100 valence electrons. The summed E-state index contributed by atoms with van der Waals surface area (Å²) in [5.74, 6) is 0.342. The van der Waals surface area contributed by atoms with Crippen LogP contribution in [0.4, 0.5) is 0 Å². The van der Waals surface area contributed by atoms with Crippen LogP contribution in [0.15, 0.2) is 48.5 Å². The fourth-order valence-corrected chi connectivity index (χ4v) is 2.17. The first-order valence-electron chi connectivity index (χ1n) is 6.42. The van der Waals surface area contributed by atoms with Crippen molar-refractivity contribution in [2.75, 3.05) is 6.54 Å². The molecule has 0 saturated carbocycles. The Morgan fingerprint density at radius 3 is 2.47 bits per heavy atom. The van der Waals surface area contributed by atoms with Crippen molar-refractivity contribution < 1.29 is 5.11 Å². The number of rotatable bonds is 5. The van der Waals surface area contributed by atoms with Crippen LogP contribution in [0.3, 0.4) is 0 Å². The summed E-state index contributed by atoms with van der Waals surface area (Å²) in [5.41, 5.74) is 2.18. The van der Waals surface area contributed by atoms with E-state index in [4.69, 9.17) is 11.6 Å². The molecule has 0 aromatic heterocycles. The van der Waals surface area contributed by atoms with Crippen molar-refractivity contribution in [2.45, 2.75) is 19.4 Å². The maximum Gasteiger partial charge on any atom is 0.120 e. The third kappa shape index (κ3) is 3.98.